The van der Waals surface area contributed by atoms with Gasteiger partial charge in [-0.15, -0.1) is 0 Å². The number of hydrogen-bond acceptors (Lipinski definition) is 4. The van der Waals surface area contributed by atoms with E-state index in [4.69, 9.17) is 0 Å². The van der Waals surface area contributed by atoms with Crippen LogP contribution >= 0.6 is 0 Å². The third-order valence-corrected chi connectivity index (χ3v) is 6.49. The van der Waals surface area contributed by atoms with E-state index < -0.39 is 29.3 Å². The van der Waals surface area contributed by atoms with Crippen LogP contribution in [0.25, 0.3) is 43.1 Å². The SMILES string of the molecule is CCNC(=O)c1c(C(=O)O)c2c(C(=O)O)ccc3c4cccc5cccc(c(c1C(=O)NCC)c23)c54. The normalized spacial score (nSPS) is 11.4. The molecule has 2 amide bonds. The average molecular weight is 482 g/mol. The topological polar surface area (TPSA) is 133 Å². The van der Waals surface area contributed by atoms with Gasteiger partial charge in [-0.3, -0.25) is 9.59 Å². The first-order valence-corrected chi connectivity index (χ1v) is 11.5. The van der Waals surface area contributed by atoms with E-state index in [1.165, 1.54) is 6.07 Å². The Bertz CT molecular complexity index is 1750. The van der Waals surface area contributed by atoms with Crippen LogP contribution in [0.4, 0.5) is 0 Å². The van der Waals surface area contributed by atoms with Crippen LogP contribution in [0.15, 0.2) is 48.5 Å². The van der Waals surface area contributed by atoms with Gasteiger partial charge in [-0.2, -0.15) is 0 Å². The molecule has 5 rings (SSSR count). The molecule has 0 aliphatic carbocycles. The second-order valence-electron chi connectivity index (χ2n) is 8.45. The molecule has 8 nitrogen and oxygen atoms in total. The second kappa shape index (κ2) is 8.49. The lowest BCUT2D eigenvalue weighted by atomic mass is 9.81. The molecule has 36 heavy (non-hydrogen) atoms. The van der Waals surface area contributed by atoms with E-state index in [2.05, 4.69) is 10.6 Å². The number of carboxylic acid groups (broad SMARTS) is 2. The number of carbonyl (C=O) groups excluding carboxylic acids is 2. The van der Waals surface area contributed by atoms with Crippen molar-refractivity contribution >= 4 is 66.8 Å². The molecule has 0 unspecified atom stereocenters. The van der Waals surface area contributed by atoms with Crippen LogP contribution in [0.3, 0.4) is 0 Å². The highest BCUT2D eigenvalue weighted by atomic mass is 16.4. The predicted molar refractivity (Wildman–Crippen MR) is 138 cm³/mol. The molecule has 5 aromatic carbocycles. The Hall–Kier alpha value is -4.72. The standard InChI is InChI=1S/C28H22N2O6/c1-3-29-25(31)22-20-16-10-6-8-13-7-5-9-14(18(13)16)15-11-12-17(27(33)34)21(19(15)20)24(28(35)36)23(22)26(32)30-4-2/h5-12H,3-4H2,1-2H3,(H,29,31)(H,30,32)(H,33,34)(H,35,36). The van der Waals surface area contributed by atoms with Gasteiger partial charge in [0.2, 0.25) is 0 Å². The molecule has 0 spiro atoms. The van der Waals surface area contributed by atoms with E-state index >= 15 is 0 Å². The van der Waals surface area contributed by atoms with Gasteiger partial charge in [-0.1, -0.05) is 42.5 Å². The molecular formula is C28H22N2O6. The fourth-order valence-electron chi connectivity index (χ4n) is 5.23. The van der Waals surface area contributed by atoms with Crippen LogP contribution in [-0.2, 0) is 0 Å². The first-order chi connectivity index (χ1) is 17.3. The molecule has 0 heterocycles. The van der Waals surface area contributed by atoms with Crippen molar-refractivity contribution in [2.24, 2.45) is 0 Å². The van der Waals surface area contributed by atoms with E-state index in [0.717, 1.165) is 16.2 Å². The molecular weight excluding hydrogens is 460 g/mol. The predicted octanol–water partition coefficient (Wildman–Crippen LogP) is 4.63. The summed E-state index contributed by atoms with van der Waals surface area (Å²) in [6.45, 7) is 3.83. The summed E-state index contributed by atoms with van der Waals surface area (Å²) in [7, 11) is 0. The van der Waals surface area contributed by atoms with Crippen molar-refractivity contribution in [3.63, 3.8) is 0 Å². The van der Waals surface area contributed by atoms with Gasteiger partial charge in [0.25, 0.3) is 11.8 Å². The molecule has 4 N–H and O–H groups in total. The smallest absolute Gasteiger partial charge is 0.337 e. The molecule has 0 aliphatic heterocycles. The van der Waals surface area contributed by atoms with E-state index in [1.54, 1.807) is 19.9 Å². The Kier molecular flexibility index (Phi) is 5.44. The van der Waals surface area contributed by atoms with Crippen molar-refractivity contribution in [3.05, 3.63) is 70.8 Å². The maximum absolute atomic E-state index is 13.6. The number of rotatable bonds is 6. The summed E-state index contributed by atoms with van der Waals surface area (Å²) in [6, 6.07) is 14.2. The van der Waals surface area contributed by atoms with E-state index in [0.29, 0.717) is 21.5 Å². The highest BCUT2D eigenvalue weighted by molar-refractivity contribution is 6.40. The zero-order valence-electron chi connectivity index (χ0n) is 19.6. The number of aromatic carboxylic acids is 2. The average Bonchev–Trinajstić information content (AvgIpc) is 2.85. The highest BCUT2D eigenvalue weighted by Crippen LogP contribution is 2.45. The number of hydrogen-bond donors (Lipinski definition) is 4. The summed E-state index contributed by atoms with van der Waals surface area (Å²) < 4.78 is 0. The lowest BCUT2D eigenvalue weighted by molar-refractivity contribution is 0.0692. The van der Waals surface area contributed by atoms with Crippen molar-refractivity contribution in [2.45, 2.75) is 13.8 Å². The van der Waals surface area contributed by atoms with E-state index in [-0.39, 0.29) is 35.2 Å². The lowest BCUT2D eigenvalue weighted by Gasteiger charge is -2.22. The Labute approximate surface area is 204 Å². The monoisotopic (exact) mass is 482 g/mol. The lowest BCUT2D eigenvalue weighted by Crippen LogP contribution is -2.32. The Balaban J connectivity index is 2.24. The molecule has 8 heteroatoms. The maximum atomic E-state index is 13.6. The summed E-state index contributed by atoms with van der Waals surface area (Å²) in [5.74, 6) is -4.20. The highest BCUT2D eigenvalue weighted by Gasteiger charge is 2.33. The third kappa shape index (κ3) is 3.15. The number of benzene rings is 5. The number of carboxylic acids is 2. The van der Waals surface area contributed by atoms with Crippen LogP contribution in [-0.4, -0.2) is 47.1 Å². The van der Waals surface area contributed by atoms with E-state index in [9.17, 15) is 29.4 Å². The van der Waals surface area contributed by atoms with Crippen molar-refractivity contribution < 1.29 is 29.4 Å². The van der Waals surface area contributed by atoms with Gasteiger partial charge in [0.15, 0.2) is 0 Å². The molecule has 0 fully saturated rings. The van der Waals surface area contributed by atoms with Gasteiger partial charge in [0.1, 0.15) is 0 Å². The summed E-state index contributed by atoms with van der Waals surface area (Å²) >= 11 is 0. The van der Waals surface area contributed by atoms with Gasteiger partial charge in [-0.05, 0) is 52.2 Å². The first-order valence-electron chi connectivity index (χ1n) is 11.5. The quantitative estimate of drug-likeness (QED) is 0.206. The van der Waals surface area contributed by atoms with Gasteiger partial charge >= 0.3 is 11.9 Å². The van der Waals surface area contributed by atoms with Crippen LogP contribution < -0.4 is 10.6 Å². The van der Waals surface area contributed by atoms with Crippen molar-refractivity contribution in [1.82, 2.24) is 10.6 Å². The minimum absolute atomic E-state index is 0.0803. The molecule has 5 aromatic rings. The van der Waals surface area contributed by atoms with Gasteiger partial charge in [-0.25, -0.2) is 9.59 Å². The Morgan fingerprint density at radius 1 is 0.611 bits per heavy atom. The van der Waals surface area contributed by atoms with Crippen molar-refractivity contribution in [2.75, 3.05) is 13.1 Å². The molecule has 0 aliphatic rings. The molecule has 0 bridgehead atoms. The molecule has 0 aromatic heterocycles. The number of carbonyl (C=O) groups is 4. The van der Waals surface area contributed by atoms with Crippen LogP contribution in [0, 0.1) is 0 Å². The van der Waals surface area contributed by atoms with Crippen molar-refractivity contribution in [3.8, 4) is 0 Å². The zero-order valence-corrected chi connectivity index (χ0v) is 19.6. The summed E-state index contributed by atoms with van der Waals surface area (Å²) in [4.78, 5) is 52.0. The summed E-state index contributed by atoms with van der Waals surface area (Å²) in [6.07, 6.45) is 0. The van der Waals surface area contributed by atoms with Crippen molar-refractivity contribution in [1.29, 1.82) is 0 Å². The number of nitrogens with one attached hydrogen (secondary N) is 2. The zero-order chi connectivity index (χ0) is 25.7. The third-order valence-electron chi connectivity index (χ3n) is 6.49. The van der Waals surface area contributed by atoms with E-state index in [1.807, 2.05) is 36.4 Å². The molecule has 0 atom stereocenters. The molecule has 0 saturated heterocycles. The summed E-state index contributed by atoms with van der Waals surface area (Å²) in [5, 5.41) is 30.1. The van der Waals surface area contributed by atoms with Crippen LogP contribution in [0.1, 0.15) is 55.3 Å². The van der Waals surface area contributed by atoms with Gasteiger partial charge < -0.3 is 20.8 Å². The summed E-state index contributed by atoms with van der Waals surface area (Å²) in [5.41, 5.74) is -1.20. The minimum Gasteiger partial charge on any atom is -0.478 e. The Morgan fingerprint density at radius 3 is 1.78 bits per heavy atom. The molecule has 0 radical (unpaired) electrons. The van der Waals surface area contributed by atoms with Gasteiger partial charge in [0.05, 0.1) is 22.3 Å². The number of amides is 2. The largest absolute Gasteiger partial charge is 0.478 e. The Morgan fingerprint density at radius 2 is 1.19 bits per heavy atom. The molecule has 0 saturated carbocycles. The number of fused-ring (bicyclic) bond motifs is 2. The second-order valence-corrected chi connectivity index (χ2v) is 8.45. The van der Waals surface area contributed by atoms with Crippen LogP contribution in [0.2, 0.25) is 0 Å². The maximum Gasteiger partial charge on any atom is 0.337 e. The minimum atomic E-state index is -1.50. The molecule has 180 valence electrons. The first kappa shape index (κ1) is 23.0. The van der Waals surface area contributed by atoms with Crippen LogP contribution in [0.5, 0.6) is 0 Å². The van der Waals surface area contributed by atoms with Gasteiger partial charge in [0, 0.05) is 23.9 Å². The fraction of sp³-hybridized carbons (Fsp3) is 0.143. The fourth-order valence-corrected chi connectivity index (χ4v) is 5.23.